The molecule has 0 unspecified atom stereocenters. The monoisotopic (exact) mass is 508 g/mol. The summed E-state index contributed by atoms with van der Waals surface area (Å²) in [6.07, 6.45) is 3.34. The number of pyridine rings is 1. The smallest absolute Gasteiger partial charge is 0.112 e. The minimum absolute atomic E-state index is 0.262. The number of aromatic nitrogens is 2. The highest BCUT2D eigenvalue weighted by molar-refractivity contribution is 7.07. The van der Waals surface area contributed by atoms with E-state index in [1.807, 2.05) is 48.8 Å². The zero-order valence-electron chi connectivity index (χ0n) is 17.8. The fraction of sp³-hybridized carbons (Fsp3) is 0.0870. The molecule has 170 valence electrons. The van der Waals surface area contributed by atoms with Crippen molar-refractivity contribution in [3.63, 3.8) is 0 Å². The minimum atomic E-state index is -0.262. The third-order valence-corrected chi connectivity index (χ3v) is 6.66. The van der Waals surface area contributed by atoms with E-state index in [1.54, 1.807) is 5.51 Å². The third-order valence-electron chi connectivity index (χ3n) is 5.36. The van der Waals surface area contributed by atoms with E-state index in [-0.39, 0.29) is 6.04 Å². The van der Waals surface area contributed by atoms with Gasteiger partial charge in [-0.1, -0.05) is 29.3 Å². The second-order valence-corrected chi connectivity index (χ2v) is 9.12. The van der Waals surface area contributed by atoms with Crippen LogP contribution in [-0.4, -0.2) is 9.97 Å². The molecule has 5 rings (SSSR count). The van der Waals surface area contributed by atoms with E-state index < -0.39 is 0 Å². The summed E-state index contributed by atoms with van der Waals surface area (Å²) in [5.41, 5.74) is 16.4. The van der Waals surface area contributed by atoms with Gasteiger partial charge in [0.15, 0.2) is 0 Å². The summed E-state index contributed by atoms with van der Waals surface area (Å²) in [5.74, 6) is 0. The lowest BCUT2D eigenvalue weighted by Gasteiger charge is -2.20. The molecule has 1 aliphatic heterocycles. The molecular weight excluding hydrogens is 491 g/mol. The van der Waals surface area contributed by atoms with Crippen molar-refractivity contribution in [2.24, 2.45) is 0 Å². The summed E-state index contributed by atoms with van der Waals surface area (Å²) >= 11 is 14.5. The number of fused-ring (bicyclic) bond motifs is 1. The van der Waals surface area contributed by atoms with E-state index in [1.165, 1.54) is 17.5 Å². The van der Waals surface area contributed by atoms with E-state index >= 15 is 0 Å². The fourth-order valence-corrected chi connectivity index (χ4v) is 4.66. The molecule has 0 radical (unpaired) electrons. The van der Waals surface area contributed by atoms with Gasteiger partial charge in [0, 0.05) is 39.6 Å². The summed E-state index contributed by atoms with van der Waals surface area (Å²) in [6, 6.07) is 11.3. The minimum Gasteiger partial charge on any atom is -0.371 e. The Hall–Kier alpha value is -3.55. The van der Waals surface area contributed by atoms with Crippen molar-refractivity contribution in [1.82, 2.24) is 26.4 Å². The predicted molar refractivity (Wildman–Crippen MR) is 137 cm³/mol. The van der Waals surface area contributed by atoms with E-state index in [0.717, 1.165) is 28.3 Å². The average molecular weight is 509 g/mol. The van der Waals surface area contributed by atoms with Crippen molar-refractivity contribution in [1.29, 1.82) is 5.26 Å². The van der Waals surface area contributed by atoms with E-state index in [0.29, 0.717) is 32.2 Å². The number of hydrazine groups is 2. The SMILES string of the molecule is Cc1ccc(Nc2c(C#N)cnc3c(Cl)cc(N[C@H](C4=CNNN4)c4cscn4)cc23)cc1Cl. The third kappa shape index (κ3) is 4.32. The van der Waals surface area contributed by atoms with Gasteiger partial charge in [0.25, 0.3) is 0 Å². The van der Waals surface area contributed by atoms with Crippen molar-refractivity contribution in [2.75, 3.05) is 10.6 Å². The molecule has 4 aromatic rings. The van der Waals surface area contributed by atoms with Crippen LogP contribution in [0.15, 0.2) is 59.3 Å². The van der Waals surface area contributed by atoms with Gasteiger partial charge in [-0.05, 0) is 36.8 Å². The molecule has 0 amide bonds. The molecule has 1 aliphatic rings. The standard InChI is InChI=1S/C23H18Cl2N8S/c1-12-2-3-14(5-17(12)24)30-21-13(7-26)8-27-22-16(21)4-15(6-18(22)25)31-23(19-9-29-33-32-19)20-10-34-11-28-20/h2-6,8-11,23,29,31-33H,1H3,(H,27,30)/t23-/m1/s1. The molecule has 0 fully saturated rings. The van der Waals surface area contributed by atoms with Gasteiger partial charge in [-0.15, -0.1) is 11.3 Å². The highest BCUT2D eigenvalue weighted by Gasteiger charge is 2.22. The number of hydrogen-bond acceptors (Lipinski definition) is 9. The molecule has 34 heavy (non-hydrogen) atoms. The largest absolute Gasteiger partial charge is 0.371 e. The number of rotatable bonds is 6. The number of nitrogens with zero attached hydrogens (tertiary/aromatic N) is 3. The molecule has 8 nitrogen and oxygen atoms in total. The number of nitrogens with one attached hydrogen (secondary N) is 5. The number of nitriles is 1. The molecule has 0 saturated heterocycles. The van der Waals surface area contributed by atoms with E-state index in [9.17, 15) is 5.26 Å². The Morgan fingerprint density at radius 2 is 1.97 bits per heavy atom. The second-order valence-electron chi connectivity index (χ2n) is 7.59. The number of aryl methyl sites for hydroxylation is 1. The number of halogens is 2. The maximum absolute atomic E-state index is 9.77. The molecular formula is C23H18Cl2N8S. The number of hydrogen-bond donors (Lipinski definition) is 5. The Morgan fingerprint density at radius 3 is 2.68 bits per heavy atom. The maximum Gasteiger partial charge on any atom is 0.112 e. The maximum atomic E-state index is 9.77. The van der Waals surface area contributed by atoms with Crippen molar-refractivity contribution in [3.05, 3.63) is 86.2 Å². The quantitative estimate of drug-likeness (QED) is 0.231. The zero-order chi connectivity index (χ0) is 23.7. The molecule has 0 spiro atoms. The molecule has 1 atom stereocenters. The number of anilines is 3. The summed E-state index contributed by atoms with van der Waals surface area (Å²) < 4.78 is 0. The van der Waals surface area contributed by atoms with Crippen molar-refractivity contribution < 1.29 is 0 Å². The van der Waals surface area contributed by atoms with Gasteiger partial charge >= 0.3 is 0 Å². The van der Waals surface area contributed by atoms with Gasteiger partial charge < -0.3 is 21.5 Å². The first-order valence-electron chi connectivity index (χ1n) is 10.2. The molecule has 0 aliphatic carbocycles. The van der Waals surface area contributed by atoms with Crippen LogP contribution in [0.1, 0.15) is 22.9 Å². The predicted octanol–water partition coefficient (Wildman–Crippen LogP) is 5.53. The topological polar surface area (TPSA) is 110 Å². The molecule has 11 heteroatoms. The Kier molecular flexibility index (Phi) is 6.13. The number of benzene rings is 2. The van der Waals surface area contributed by atoms with Gasteiger partial charge in [-0.3, -0.25) is 4.98 Å². The van der Waals surface area contributed by atoms with Gasteiger partial charge in [0.1, 0.15) is 12.1 Å². The summed E-state index contributed by atoms with van der Waals surface area (Å²) in [7, 11) is 0. The van der Waals surface area contributed by atoms with Gasteiger partial charge in [0.2, 0.25) is 0 Å². The van der Waals surface area contributed by atoms with Crippen LogP contribution >= 0.6 is 34.5 Å². The zero-order valence-corrected chi connectivity index (χ0v) is 20.1. The summed E-state index contributed by atoms with van der Waals surface area (Å²) in [4.78, 5) is 8.89. The highest BCUT2D eigenvalue weighted by atomic mass is 35.5. The summed E-state index contributed by atoms with van der Waals surface area (Å²) in [5, 5.41) is 20.4. The van der Waals surface area contributed by atoms with E-state index in [2.05, 4.69) is 43.1 Å². The first kappa shape index (κ1) is 22.3. The van der Waals surface area contributed by atoms with Gasteiger partial charge in [0.05, 0.1) is 38.7 Å². The van der Waals surface area contributed by atoms with Gasteiger partial charge in [-0.2, -0.15) is 10.8 Å². The Labute approximate surface area is 209 Å². The number of thiazole rings is 1. The molecule has 0 saturated carbocycles. The normalized spacial score (nSPS) is 13.5. The van der Waals surface area contributed by atoms with Gasteiger partial charge in [-0.25, -0.2) is 4.98 Å². The average Bonchev–Trinajstić information content (AvgIpc) is 3.55. The van der Waals surface area contributed by atoms with E-state index in [4.69, 9.17) is 23.2 Å². The second kappa shape index (κ2) is 9.37. The lowest BCUT2D eigenvalue weighted by molar-refractivity contribution is 0.582. The van der Waals surface area contributed by atoms with Crippen LogP contribution in [0.25, 0.3) is 10.9 Å². The Bertz CT molecular complexity index is 1450. The van der Waals surface area contributed by atoms with Crippen LogP contribution in [0.5, 0.6) is 0 Å². The van der Waals surface area contributed by atoms with Crippen LogP contribution < -0.4 is 27.0 Å². The molecule has 5 N–H and O–H groups in total. The summed E-state index contributed by atoms with van der Waals surface area (Å²) in [6.45, 7) is 1.94. The van der Waals surface area contributed by atoms with Crippen molar-refractivity contribution in [2.45, 2.75) is 13.0 Å². The van der Waals surface area contributed by atoms with Crippen LogP contribution in [0.4, 0.5) is 17.1 Å². The molecule has 3 heterocycles. The Morgan fingerprint density at radius 1 is 1.12 bits per heavy atom. The van der Waals surface area contributed by atoms with Crippen LogP contribution in [0.2, 0.25) is 10.0 Å². The van der Waals surface area contributed by atoms with Crippen LogP contribution in [0, 0.1) is 18.3 Å². The Balaban J connectivity index is 1.59. The molecule has 2 aromatic carbocycles. The molecule has 0 bridgehead atoms. The first-order chi connectivity index (χ1) is 16.5. The first-order valence-corrected chi connectivity index (χ1v) is 11.9. The highest BCUT2D eigenvalue weighted by Crippen LogP contribution is 2.37. The van der Waals surface area contributed by atoms with Crippen molar-refractivity contribution >= 4 is 62.5 Å². The lowest BCUT2D eigenvalue weighted by Crippen LogP contribution is -2.34. The van der Waals surface area contributed by atoms with Crippen LogP contribution in [-0.2, 0) is 0 Å². The molecule has 2 aromatic heterocycles. The lowest BCUT2D eigenvalue weighted by atomic mass is 10.1. The fourth-order valence-electron chi connectivity index (χ4n) is 3.63. The van der Waals surface area contributed by atoms with Crippen molar-refractivity contribution in [3.8, 4) is 6.07 Å². The van der Waals surface area contributed by atoms with Crippen LogP contribution in [0.3, 0.4) is 0 Å².